The molecule has 6 N–H and O–H groups in total. The normalized spacial score (nSPS) is 30.3. The summed E-state index contributed by atoms with van der Waals surface area (Å²) in [6.45, 7) is 17.9. The van der Waals surface area contributed by atoms with Gasteiger partial charge in [0.25, 0.3) is 0 Å². The summed E-state index contributed by atoms with van der Waals surface area (Å²) in [5.74, 6) is -1.07. The van der Waals surface area contributed by atoms with E-state index in [4.69, 9.17) is 9.97 Å². The molecule has 0 spiro atoms. The Bertz CT molecular complexity index is 3060. The van der Waals surface area contributed by atoms with Crippen molar-refractivity contribution in [3.05, 3.63) is 69.3 Å². The maximum absolute atomic E-state index is 14.7. The van der Waals surface area contributed by atoms with Gasteiger partial charge in [-0.1, -0.05) is 132 Å². The minimum atomic E-state index is -0.371. The molecule has 12 nitrogen and oxygen atoms in total. The minimum Gasteiger partial charge on any atom is -0.355 e. The van der Waals surface area contributed by atoms with Crippen molar-refractivity contribution in [1.82, 2.24) is 41.2 Å². The zero-order valence-corrected chi connectivity index (χ0v) is 49.2. The molecule has 3 aromatic heterocycles. The van der Waals surface area contributed by atoms with Gasteiger partial charge in [0.15, 0.2) is 0 Å². The van der Waals surface area contributed by atoms with Gasteiger partial charge in [-0.2, -0.15) is 0 Å². The third kappa shape index (κ3) is 9.40. The number of aromatic amines is 2. The van der Waals surface area contributed by atoms with E-state index in [0.717, 1.165) is 170 Å². The van der Waals surface area contributed by atoms with Crippen molar-refractivity contribution in [1.29, 1.82) is 0 Å². The zero-order chi connectivity index (χ0) is 55.6. The summed E-state index contributed by atoms with van der Waals surface area (Å²) in [6.07, 6.45) is 30.7. The Morgan fingerprint density at radius 3 is 0.850 bits per heavy atom. The van der Waals surface area contributed by atoms with Crippen LogP contribution in [0, 0.1) is 45.3 Å². The van der Waals surface area contributed by atoms with Crippen LogP contribution in [0.2, 0.25) is 0 Å². The van der Waals surface area contributed by atoms with Crippen LogP contribution in [0.1, 0.15) is 253 Å². The van der Waals surface area contributed by atoms with Crippen LogP contribution in [0.25, 0.3) is 46.4 Å². The first-order chi connectivity index (χ1) is 38.3. The molecule has 8 fully saturated rings. The van der Waals surface area contributed by atoms with Gasteiger partial charge in [0.2, 0.25) is 23.6 Å². The van der Waals surface area contributed by atoms with Crippen molar-refractivity contribution in [3.63, 3.8) is 0 Å². The molecule has 0 radical (unpaired) electrons. The van der Waals surface area contributed by atoms with Gasteiger partial charge in [0.05, 0.1) is 46.4 Å². The van der Waals surface area contributed by atoms with Crippen molar-refractivity contribution < 1.29 is 19.2 Å². The highest BCUT2D eigenvalue weighted by Gasteiger charge is 2.67. The number of nitrogens with one attached hydrogen (secondary N) is 6. The largest absolute Gasteiger partial charge is 0.355 e. The molecule has 4 amide bonds. The van der Waals surface area contributed by atoms with E-state index in [0.29, 0.717) is 0 Å². The van der Waals surface area contributed by atoms with Crippen LogP contribution in [-0.4, -0.2) is 67.7 Å². The SMILES string of the molecule is CC1(C)[C@H](C(=O)NC2CCCCC2)[C@@H]1c1c2nc(c([C@H]3[C@@H](C(=O)NC4CCCCC4)C3(C)C)c3ccc([nH]3)c([C@H]3[C@@H](C(=O)NC4CCCCC4)C3(C)C)c3ccc([nH]3)c([C@H]3[C@@H](C(=O)NC4CCCCC4)C3(C)C)c3nc1C=C3)C=C2. The monoisotopic (exact) mass is 1080 g/mol. The molecule has 0 aromatic carbocycles. The maximum atomic E-state index is 14.7. The lowest BCUT2D eigenvalue weighted by Crippen LogP contribution is -2.38. The standard InChI is InChI=1S/C68H90N8O4/c1-65(2)53(57(65)61(77)69-37-21-13-9-14-22-37)49-41-29-31-43(73-41)50(54-58(66(54,3)4)62(78)70-38-23-15-10-16-24-38)45-33-35-47(75-45)52(56-60(68(56,7)8)64(80)72-40-27-19-12-20-28-40)48-36-34-46(76-48)51(44-32-30-42(49)74-44)55-59(67(55,5)6)63(79)71-39-25-17-11-18-26-39/h29-40,53-60,73-74H,9-28H2,1-8H3,(H,69,77)(H,70,78)(H,71,79)(H,72,80)/t53-,54-,55-,56-,57-,58-,59-,60-/m0/s1. The topological polar surface area (TPSA) is 174 Å². The van der Waals surface area contributed by atoms with E-state index < -0.39 is 0 Å². The zero-order valence-electron chi connectivity index (χ0n) is 49.2. The van der Waals surface area contributed by atoms with Crippen LogP contribution < -0.4 is 21.3 Å². The number of fused-ring (bicyclic) bond motifs is 8. The van der Waals surface area contributed by atoms with Crippen LogP contribution in [0.5, 0.6) is 0 Å². The van der Waals surface area contributed by atoms with Gasteiger partial charge in [0.1, 0.15) is 0 Å². The fourth-order valence-corrected chi connectivity index (χ4v) is 17.4. The Morgan fingerprint density at radius 2 is 0.575 bits per heavy atom. The highest BCUT2D eigenvalue weighted by atomic mass is 16.2. The van der Waals surface area contributed by atoms with E-state index in [1.165, 1.54) is 25.7 Å². The fraction of sp³-hybridized carbons (Fsp3) is 0.647. The Labute approximate surface area is 474 Å². The third-order valence-electron chi connectivity index (χ3n) is 22.4. The van der Waals surface area contributed by atoms with Crippen molar-refractivity contribution in [3.8, 4) is 0 Å². The smallest absolute Gasteiger partial charge is 0.224 e. The van der Waals surface area contributed by atoms with E-state index in [-0.39, 0.29) is 117 Å². The summed E-state index contributed by atoms with van der Waals surface area (Å²) in [7, 11) is 0. The molecule has 80 heavy (non-hydrogen) atoms. The first kappa shape index (κ1) is 53.8. The summed E-state index contributed by atoms with van der Waals surface area (Å²) >= 11 is 0. The molecular weight excluding hydrogens is 993 g/mol. The van der Waals surface area contributed by atoms with E-state index in [2.05, 4.69) is 135 Å². The van der Waals surface area contributed by atoms with Gasteiger partial charge < -0.3 is 31.2 Å². The maximum Gasteiger partial charge on any atom is 0.224 e. The highest BCUT2D eigenvalue weighted by molar-refractivity contribution is 5.93. The molecule has 0 unspecified atom stereocenters. The second-order valence-electron chi connectivity index (χ2n) is 29.1. The average Bonchev–Trinajstić information content (AvgIpc) is 4.21. The lowest BCUT2D eigenvalue weighted by atomic mass is 9.95. The fourth-order valence-electron chi connectivity index (χ4n) is 17.4. The Morgan fingerprint density at radius 1 is 0.350 bits per heavy atom. The Balaban J connectivity index is 1.02. The van der Waals surface area contributed by atoms with Gasteiger partial charge in [-0.15, -0.1) is 0 Å². The number of hydrogen-bond donors (Lipinski definition) is 6. The van der Waals surface area contributed by atoms with Gasteiger partial charge in [-0.25, -0.2) is 9.97 Å². The van der Waals surface area contributed by atoms with Crippen molar-refractivity contribution in [2.75, 3.05) is 0 Å². The molecule has 12 heteroatoms. The number of nitrogens with zero attached hydrogens (tertiary/aromatic N) is 2. The number of carbonyl (C=O) groups is 4. The summed E-state index contributed by atoms with van der Waals surface area (Å²) in [5, 5.41) is 14.1. The first-order valence-corrected chi connectivity index (χ1v) is 31.7. The summed E-state index contributed by atoms with van der Waals surface area (Å²) < 4.78 is 0. The van der Waals surface area contributed by atoms with Crippen LogP contribution in [0.4, 0.5) is 0 Å². The number of amides is 4. The average molecular weight is 1080 g/mol. The molecule has 2 aliphatic heterocycles. The predicted octanol–water partition coefficient (Wildman–Crippen LogP) is 13.4. The number of rotatable bonds is 12. The van der Waals surface area contributed by atoms with Crippen molar-refractivity contribution >= 4 is 70.0 Å². The number of aromatic nitrogens is 4. The van der Waals surface area contributed by atoms with Crippen molar-refractivity contribution in [2.45, 2.75) is 232 Å². The molecule has 8 atom stereocenters. The van der Waals surface area contributed by atoms with Gasteiger partial charge in [-0.05, 0) is 122 Å². The van der Waals surface area contributed by atoms with Gasteiger partial charge >= 0.3 is 0 Å². The molecule has 10 aliphatic rings. The quantitative estimate of drug-likeness (QED) is 0.0725. The first-order valence-electron chi connectivity index (χ1n) is 31.7. The Hall–Kier alpha value is -5.52. The number of H-pyrrole nitrogens is 2. The second-order valence-corrected chi connectivity index (χ2v) is 29.1. The van der Waals surface area contributed by atoms with Gasteiger partial charge in [0, 0.05) is 92.2 Å². The molecule has 8 bridgehead atoms. The minimum absolute atomic E-state index is 0.109. The Kier molecular flexibility index (Phi) is 13.5. The molecule has 3 aromatic rings. The van der Waals surface area contributed by atoms with E-state index in [1.807, 2.05) is 0 Å². The molecule has 8 aliphatic carbocycles. The molecule has 8 saturated carbocycles. The number of hydrogen-bond acceptors (Lipinski definition) is 6. The summed E-state index contributed by atoms with van der Waals surface area (Å²) in [5.41, 5.74) is 9.55. The summed E-state index contributed by atoms with van der Waals surface area (Å²) in [4.78, 5) is 78.0. The van der Waals surface area contributed by atoms with Gasteiger partial charge in [-0.3, -0.25) is 19.2 Å². The molecule has 0 saturated heterocycles. The van der Waals surface area contributed by atoms with Crippen LogP contribution in [0.15, 0.2) is 24.3 Å². The predicted molar refractivity (Wildman–Crippen MR) is 319 cm³/mol. The lowest BCUT2D eigenvalue weighted by Gasteiger charge is -2.23. The van der Waals surface area contributed by atoms with Crippen molar-refractivity contribution in [2.24, 2.45) is 45.3 Å². The lowest BCUT2D eigenvalue weighted by molar-refractivity contribution is -0.124. The van der Waals surface area contributed by atoms with Crippen LogP contribution >= 0.6 is 0 Å². The van der Waals surface area contributed by atoms with E-state index in [9.17, 15) is 19.2 Å². The molecule has 13 rings (SSSR count). The van der Waals surface area contributed by atoms with E-state index >= 15 is 0 Å². The highest BCUT2D eigenvalue weighted by Crippen LogP contribution is 2.70. The van der Waals surface area contributed by atoms with E-state index in [1.54, 1.807) is 0 Å². The van der Waals surface area contributed by atoms with Crippen LogP contribution in [0.3, 0.4) is 0 Å². The molecule has 426 valence electrons. The molecular formula is C68H90N8O4. The van der Waals surface area contributed by atoms with Crippen LogP contribution in [-0.2, 0) is 19.2 Å². The number of carbonyl (C=O) groups excluding carboxylic acids is 4. The summed E-state index contributed by atoms with van der Waals surface area (Å²) in [6, 6.07) is 9.53. The second kappa shape index (κ2) is 20.1. The third-order valence-corrected chi connectivity index (χ3v) is 22.4. The molecule has 5 heterocycles.